The van der Waals surface area contributed by atoms with Crippen LogP contribution < -0.4 is 5.32 Å². The summed E-state index contributed by atoms with van der Waals surface area (Å²) in [6.45, 7) is 18.1. The van der Waals surface area contributed by atoms with Crippen molar-refractivity contribution in [3.05, 3.63) is 12.2 Å². The fourth-order valence-electron chi connectivity index (χ4n) is 3.09. The first kappa shape index (κ1) is 13.8. The molecule has 0 spiro atoms. The highest BCUT2D eigenvalue weighted by Gasteiger charge is 2.35. The van der Waals surface area contributed by atoms with Crippen molar-refractivity contribution >= 4 is 0 Å². The van der Waals surface area contributed by atoms with Crippen molar-refractivity contribution < 1.29 is 0 Å². The lowest BCUT2D eigenvalue weighted by atomic mass is 9.83. The molecular weight excluding hydrogens is 194 g/mol. The standard InChI is InChI=1S/C15H29N/c1-12-10-14(5,6)8-9-15(7,11-12)16-13(2,3)4/h16H,1,8-11H2,2-7H3. The molecule has 0 radical (unpaired) electrons. The molecule has 1 nitrogen and oxygen atoms in total. The lowest BCUT2D eigenvalue weighted by Gasteiger charge is -2.38. The molecule has 1 fully saturated rings. The zero-order chi connectivity index (χ0) is 12.6. The van der Waals surface area contributed by atoms with E-state index in [9.17, 15) is 0 Å². The first-order valence-corrected chi connectivity index (χ1v) is 6.47. The predicted octanol–water partition coefficient (Wildman–Crippen LogP) is 4.29. The average molecular weight is 223 g/mol. The first-order valence-electron chi connectivity index (χ1n) is 6.47. The summed E-state index contributed by atoms with van der Waals surface area (Å²) < 4.78 is 0. The van der Waals surface area contributed by atoms with E-state index >= 15 is 0 Å². The Balaban J connectivity index is 2.79. The van der Waals surface area contributed by atoms with Gasteiger partial charge in [0.15, 0.2) is 0 Å². The second-order valence-corrected chi connectivity index (χ2v) is 7.70. The Hall–Kier alpha value is -0.300. The van der Waals surface area contributed by atoms with Crippen LogP contribution in [0.4, 0.5) is 0 Å². The number of nitrogens with one attached hydrogen (secondary N) is 1. The maximum absolute atomic E-state index is 4.26. The van der Waals surface area contributed by atoms with Gasteiger partial charge in [0.1, 0.15) is 0 Å². The molecule has 1 unspecified atom stereocenters. The molecule has 1 aliphatic carbocycles. The van der Waals surface area contributed by atoms with Crippen LogP contribution in [0.2, 0.25) is 0 Å². The SMILES string of the molecule is C=C1CC(C)(C)CCC(C)(NC(C)(C)C)C1. The van der Waals surface area contributed by atoms with Crippen LogP contribution in [0.1, 0.15) is 67.2 Å². The van der Waals surface area contributed by atoms with Gasteiger partial charge in [-0.2, -0.15) is 0 Å². The third-order valence-electron chi connectivity index (χ3n) is 3.40. The van der Waals surface area contributed by atoms with Crippen molar-refractivity contribution in [1.29, 1.82) is 0 Å². The van der Waals surface area contributed by atoms with Gasteiger partial charge in [0.25, 0.3) is 0 Å². The van der Waals surface area contributed by atoms with Crippen LogP contribution >= 0.6 is 0 Å². The Kier molecular flexibility index (Phi) is 3.59. The lowest BCUT2D eigenvalue weighted by Crippen LogP contribution is -2.52. The van der Waals surface area contributed by atoms with Gasteiger partial charge in [-0.15, -0.1) is 0 Å². The van der Waals surface area contributed by atoms with Crippen molar-refractivity contribution in [1.82, 2.24) is 5.32 Å². The van der Waals surface area contributed by atoms with Gasteiger partial charge < -0.3 is 5.32 Å². The largest absolute Gasteiger partial charge is 0.307 e. The van der Waals surface area contributed by atoms with E-state index in [0.29, 0.717) is 5.41 Å². The zero-order valence-corrected chi connectivity index (χ0v) is 12.0. The number of hydrogen-bond donors (Lipinski definition) is 1. The molecule has 1 heteroatoms. The van der Waals surface area contributed by atoms with Gasteiger partial charge in [-0.05, 0) is 58.8 Å². The van der Waals surface area contributed by atoms with Crippen molar-refractivity contribution in [3.8, 4) is 0 Å². The van der Waals surface area contributed by atoms with Gasteiger partial charge in [0.2, 0.25) is 0 Å². The summed E-state index contributed by atoms with van der Waals surface area (Å²) in [6, 6.07) is 0. The molecule has 1 N–H and O–H groups in total. The Morgan fingerprint density at radius 3 is 2.12 bits per heavy atom. The summed E-state index contributed by atoms with van der Waals surface area (Å²) >= 11 is 0. The van der Waals surface area contributed by atoms with E-state index in [0.717, 1.165) is 6.42 Å². The van der Waals surface area contributed by atoms with E-state index in [1.165, 1.54) is 24.8 Å². The van der Waals surface area contributed by atoms with E-state index in [-0.39, 0.29) is 11.1 Å². The van der Waals surface area contributed by atoms with E-state index in [2.05, 4.69) is 53.4 Å². The monoisotopic (exact) mass is 223 g/mol. The summed E-state index contributed by atoms with van der Waals surface area (Å²) in [5, 5.41) is 3.78. The van der Waals surface area contributed by atoms with Gasteiger partial charge in [0, 0.05) is 11.1 Å². The van der Waals surface area contributed by atoms with Crippen LogP contribution in [0.15, 0.2) is 12.2 Å². The first-order chi connectivity index (χ1) is 7.02. The minimum atomic E-state index is 0.184. The molecule has 1 atom stereocenters. The maximum Gasteiger partial charge on any atom is 0.0195 e. The topological polar surface area (TPSA) is 12.0 Å². The minimum Gasteiger partial charge on any atom is -0.307 e. The van der Waals surface area contributed by atoms with E-state index in [4.69, 9.17) is 0 Å². The summed E-state index contributed by atoms with van der Waals surface area (Å²) in [5.41, 5.74) is 2.24. The highest BCUT2D eigenvalue weighted by Crippen LogP contribution is 2.40. The van der Waals surface area contributed by atoms with Crippen LogP contribution in [0.3, 0.4) is 0 Å². The molecule has 1 rings (SSSR count). The molecule has 0 aromatic rings. The molecule has 0 bridgehead atoms. The summed E-state index contributed by atoms with van der Waals surface area (Å²) in [5.74, 6) is 0. The summed E-state index contributed by atoms with van der Waals surface area (Å²) in [4.78, 5) is 0. The number of rotatable bonds is 1. The zero-order valence-electron chi connectivity index (χ0n) is 12.0. The molecule has 0 aliphatic heterocycles. The van der Waals surface area contributed by atoms with Crippen LogP contribution in [0.5, 0.6) is 0 Å². The van der Waals surface area contributed by atoms with Crippen molar-refractivity contribution in [2.24, 2.45) is 5.41 Å². The molecule has 0 aromatic heterocycles. The Morgan fingerprint density at radius 1 is 1.06 bits per heavy atom. The fraction of sp³-hybridized carbons (Fsp3) is 0.867. The number of hydrogen-bond acceptors (Lipinski definition) is 1. The van der Waals surface area contributed by atoms with Crippen LogP contribution in [-0.2, 0) is 0 Å². The van der Waals surface area contributed by atoms with Gasteiger partial charge in [-0.3, -0.25) is 0 Å². The third kappa shape index (κ3) is 4.29. The van der Waals surface area contributed by atoms with Gasteiger partial charge >= 0.3 is 0 Å². The molecular formula is C15H29N. The second-order valence-electron chi connectivity index (χ2n) is 7.70. The van der Waals surface area contributed by atoms with Gasteiger partial charge in [-0.25, -0.2) is 0 Å². The lowest BCUT2D eigenvalue weighted by molar-refractivity contribution is 0.228. The molecule has 16 heavy (non-hydrogen) atoms. The quantitative estimate of drug-likeness (QED) is 0.516. The molecule has 94 valence electrons. The summed E-state index contributed by atoms with van der Waals surface area (Å²) in [7, 11) is 0. The molecule has 1 saturated carbocycles. The van der Waals surface area contributed by atoms with E-state index < -0.39 is 0 Å². The van der Waals surface area contributed by atoms with Crippen LogP contribution in [0, 0.1) is 5.41 Å². The Bertz CT molecular complexity index is 270. The van der Waals surface area contributed by atoms with Crippen LogP contribution in [-0.4, -0.2) is 11.1 Å². The maximum atomic E-state index is 4.26. The molecule has 0 aromatic carbocycles. The molecule has 0 amide bonds. The molecule has 0 saturated heterocycles. The second kappa shape index (κ2) is 4.18. The molecule has 1 aliphatic rings. The average Bonchev–Trinajstić information content (AvgIpc) is 2.03. The van der Waals surface area contributed by atoms with Gasteiger partial charge in [0.05, 0.1) is 0 Å². The van der Waals surface area contributed by atoms with Crippen LogP contribution in [0.25, 0.3) is 0 Å². The van der Waals surface area contributed by atoms with Gasteiger partial charge in [-0.1, -0.05) is 26.0 Å². The van der Waals surface area contributed by atoms with Crippen molar-refractivity contribution in [2.75, 3.05) is 0 Å². The van der Waals surface area contributed by atoms with E-state index in [1.54, 1.807) is 0 Å². The normalized spacial score (nSPS) is 31.2. The van der Waals surface area contributed by atoms with Crippen molar-refractivity contribution in [3.63, 3.8) is 0 Å². The Morgan fingerprint density at radius 2 is 1.62 bits per heavy atom. The van der Waals surface area contributed by atoms with E-state index in [1.807, 2.05) is 0 Å². The molecule has 0 heterocycles. The third-order valence-corrected chi connectivity index (χ3v) is 3.40. The highest BCUT2D eigenvalue weighted by molar-refractivity contribution is 5.09. The minimum absolute atomic E-state index is 0.184. The fourth-order valence-corrected chi connectivity index (χ4v) is 3.09. The Labute approximate surface area is 102 Å². The smallest absolute Gasteiger partial charge is 0.0195 e. The van der Waals surface area contributed by atoms with Crippen molar-refractivity contribution in [2.45, 2.75) is 78.3 Å². The summed E-state index contributed by atoms with van der Waals surface area (Å²) in [6.07, 6.45) is 4.82. The highest BCUT2D eigenvalue weighted by atomic mass is 15.0. The predicted molar refractivity (Wildman–Crippen MR) is 72.7 cm³/mol.